The first-order valence-electron chi connectivity index (χ1n) is 8.39. The highest BCUT2D eigenvalue weighted by Gasteiger charge is 2.32. The summed E-state index contributed by atoms with van der Waals surface area (Å²) in [6.45, 7) is 13.5. The van der Waals surface area contributed by atoms with Gasteiger partial charge in [-0.15, -0.1) is 0 Å². The van der Waals surface area contributed by atoms with E-state index in [1.54, 1.807) is 0 Å². The first-order valence-corrected chi connectivity index (χ1v) is 8.39. The van der Waals surface area contributed by atoms with Crippen LogP contribution in [0.25, 0.3) is 5.57 Å². The van der Waals surface area contributed by atoms with E-state index in [-0.39, 0.29) is 5.41 Å². The van der Waals surface area contributed by atoms with Gasteiger partial charge in [-0.05, 0) is 72.7 Å². The fourth-order valence-corrected chi connectivity index (χ4v) is 3.73. The molecule has 0 spiro atoms. The summed E-state index contributed by atoms with van der Waals surface area (Å²) >= 11 is 0. The topological polar surface area (TPSA) is 0 Å². The zero-order valence-corrected chi connectivity index (χ0v) is 15.1. The number of allylic oxidation sites excluding steroid dienone is 3. The van der Waals surface area contributed by atoms with Gasteiger partial charge in [0.1, 0.15) is 0 Å². The second-order valence-corrected chi connectivity index (χ2v) is 7.44. The molecular weight excluding hydrogens is 276 g/mol. The van der Waals surface area contributed by atoms with Crippen LogP contribution in [0.15, 0.2) is 59.7 Å². The molecule has 0 radical (unpaired) electrons. The third kappa shape index (κ3) is 2.57. The average Bonchev–Trinajstić information content (AvgIpc) is 2.50. The Balaban J connectivity index is 2.31. The van der Waals surface area contributed by atoms with E-state index in [9.17, 15) is 0 Å². The highest BCUT2D eigenvalue weighted by molar-refractivity contribution is 5.87. The van der Waals surface area contributed by atoms with Gasteiger partial charge in [-0.25, -0.2) is 0 Å². The molecule has 0 heterocycles. The molecule has 2 aromatic rings. The van der Waals surface area contributed by atoms with Crippen molar-refractivity contribution in [1.82, 2.24) is 0 Å². The van der Waals surface area contributed by atoms with E-state index in [4.69, 9.17) is 0 Å². The van der Waals surface area contributed by atoms with Crippen molar-refractivity contribution in [1.29, 1.82) is 0 Å². The second kappa shape index (κ2) is 5.53. The average molecular weight is 302 g/mol. The van der Waals surface area contributed by atoms with Crippen molar-refractivity contribution in [3.63, 3.8) is 0 Å². The SMILES string of the molecule is CC(C)=C1C=C(c2ccc(C)c(C)c2)c2ccccc2C1(C)C. The molecular formula is C23H26. The minimum absolute atomic E-state index is 0.0542. The molecule has 0 atom stereocenters. The monoisotopic (exact) mass is 302 g/mol. The van der Waals surface area contributed by atoms with Crippen LogP contribution >= 0.6 is 0 Å². The smallest absolute Gasteiger partial charge is 0.0152 e. The van der Waals surface area contributed by atoms with Gasteiger partial charge >= 0.3 is 0 Å². The zero-order chi connectivity index (χ0) is 16.8. The first kappa shape index (κ1) is 15.8. The summed E-state index contributed by atoms with van der Waals surface area (Å²) < 4.78 is 0. The van der Waals surface area contributed by atoms with Crippen LogP contribution in [0.4, 0.5) is 0 Å². The summed E-state index contributed by atoms with van der Waals surface area (Å²) in [4.78, 5) is 0. The molecule has 1 aliphatic rings. The van der Waals surface area contributed by atoms with Crippen LogP contribution in [-0.4, -0.2) is 0 Å². The molecule has 0 aliphatic heterocycles. The summed E-state index contributed by atoms with van der Waals surface area (Å²) in [5, 5.41) is 0. The zero-order valence-electron chi connectivity index (χ0n) is 15.1. The van der Waals surface area contributed by atoms with Crippen LogP contribution in [0.2, 0.25) is 0 Å². The molecule has 0 N–H and O–H groups in total. The van der Waals surface area contributed by atoms with Gasteiger partial charge in [0.05, 0.1) is 0 Å². The third-order valence-electron chi connectivity index (χ3n) is 5.21. The van der Waals surface area contributed by atoms with Gasteiger partial charge in [0.15, 0.2) is 0 Å². The number of hydrogen-bond donors (Lipinski definition) is 0. The Labute approximate surface area is 140 Å². The number of rotatable bonds is 1. The van der Waals surface area contributed by atoms with Crippen molar-refractivity contribution in [2.45, 2.75) is 47.0 Å². The first-order chi connectivity index (χ1) is 10.8. The van der Waals surface area contributed by atoms with Gasteiger partial charge in [-0.3, -0.25) is 0 Å². The van der Waals surface area contributed by atoms with Crippen molar-refractivity contribution in [3.05, 3.63) is 87.5 Å². The van der Waals surface area contributed by atoms with E-state index < -0.39 is 0 Å². The lowest BCUT2D eigenvalue weighted by atomic mass is 9.68. The van der Waals surface area contributed by atoms with Crippen molar-refractivity contribution < 1.29 is 0 Å². The fraction of sp³-hybridized carbons (Fsp3) is 0.304. The van der Waals surface area contributed by atoms with Crippen LogP contribution in [0.1, 0.15) is 55.5 Å². The van der Waals surface area contributed by atoms with E-state index in [1.165, 1.54) is 44.5 Å². The summed E-state index contributed by atoms with van der Waals surface area (Å²) in [6, 6.07) is 15.7. The standard InChI is InChI=1S/C23H26/c1-15(2)22-14-20(18-12-11-16(3)17(4)13-18)19-9-7-8-10-21(19)23(22,5)6/h7-14H,1-6H3. The van der Waals surface area contributed by atoms with Gasteiger partial charge in [0.25, 0.3) is 0 Å². The van der Waals surface area contributed by atoms with E-state index >= 15 is 0 Å². The van der Waals surface area contributed by atoms with Crippen molar-refractivity contribution in [2.75, 3.05) is 0 Å². The summed E-state index contributed by atoms with van der Waals surface area (Å²) in [6.07, 6.45) is 2.40. The van der Waals surface area contributed by atoms with Crippen molar-refractivity contribution >= 4 is 5.57 Å². The predicted octanol–water partition coefficient (Wildman–Crippen LogP) is 6.36. The van der Waals surface area contributed by atoms with E-state index in [0.29, 0.717) is 0 Å². The Morgan fingerprint density at radius 1 is 0.870 bits per heavy atom. The quantitative estimate of drug-likeness (QED) is 0.574. The maximum atomic E-state index is 2.40. The Morgan fingerprint density at radius 2 is 1.57 bits per heavy atom. The fourth-order valence-electron chi connectivity index (χ4n) is 3.73. The molecule has 2 aromatic carbocycles. The van der Waals surface area contributed by atoms with Crippen LogP contribution in [-0.2, 0) is 5.41 Å². The van der Waals surface area contributed by atoms with Crippen LogP contribution in [0.3, 0.4) is 0 Å². The second-order valence-electron chi connectivity index (χ2n) is 7.44. The summed E-state index contributed by atoms with van der Waals surface area (Å²) in [5.74, 6) is 0. The largest absolute Gasteiger partial charge is 0.0723 e. The van der Waals surface area contributed by atoms with Gasteiger partial charge in [0, 0.05) is 5.41 Å². The lowest BCUT2D eigenvalue weighted by Gasteiger charge is -2.36. The molecule has 0 saturated carbocycles. The maximum absolute atomic E-state index is 2.40. The number of benzene rings is 2. The van der Waals surface area contributed by atoms with Crippen LogP contribution in [0.5, 0.6) is 0 Å². The van der Waals surface area contributed by atoms with Gasteiger partial charge in [-0.1, -0.05) is 61.9 Å². The highest BCUT2D eigenvalue weighted by Crippen LogP contribution is 2.45. The molecule has 0 unspecified atom stereocenters. The van der Waals surface area contributed by atoms with Crippen molar-refractivity contribution in [3.8, 4) is 0 Å². The van der Waals surface area contributed by atoms with Crippen molar-refractivity contribution in [2.24, 2.45) is 0 Å². The Morgan fingerprint density at radius 3 is 2.22 bits per heavy atom. The highest BCUT2D eigenvalue weighted by atomic mass is 14.4. The summed E-state index contributed by atoms with van der Waals surface area (Å²) in [7, 11) is 0. The van der Waals surface area contributed by atoms with Crippen LogP contribution in [0, 0.1) is 13.8 Å². The molecule has 0 saturated heterocycles. The van der Waals surface area contributed by atoms with Gasteiger partial charge < -0.3 is 0 Å². The normalized spacial score (nSPS) is 15.9. The molecule has 0 heteroatoms. The van der Waals surface area contributed by atoms with E-state index in [2.05, 4.69) is 90.1 Å². The number of hydrogen-bond acceptors (Lipinski definition) is 0. The molecule has 0 fully saturated rings. The van der Waals surface area contributed by atoms with Gasteiger partial charge in [0.2, 0.25) is 0 Å². The molecule has 23 heavy (non-hydrogen) atoms. The third-order valence-corrected chi connectivity index (χ3v) is 5.21. The minimum Gasteiger partial charge on any atom is -0.0723 e. The molecule has 0 aromatic heterocycles. The molecule has 3 rings (SSSR count). The molecule has 1 aliphatic carbocycles. The predicted molar refractivity (Wildman–Crippen MR) is 101 cm³/mol. The Kier molecular flexibility index (Phi) is 3.80. The maximum Gasteiger partial charge on any atom is 0.0152 e. The van der Waals surface area contributed by atoms with Gasteiger partial charge in [-0.2, -0.15) is 0 Å². The van der Waals surface area contributed by atoms with E-state index in [1.807, 2.05) is 0 Å². The molecule has 0 bridgehead atoms. The Hall–Kier alpha value is -2.08. The molecule has 118 valence electrons. The molecule has 0 nitrogen and oxygen atoms in total. The number of aryl methyl sites for hydroxylation is 2. The lowest BCUT2D eigenvalue weighted by Crippen LogP contribution is -2.25. The summed E-state index contributed by atoms with van der Waals surface area (Å²) in [5.41, 5.74) is 11.0. The van der Waals surface area contributed by atoms with E-state index in [0.717, 1.165) is 0 Å². The minimum atomic E-state index is 0.0542. The number of fused-ring (bicyclic) bond motifs is 1. The molecule has 0 amide bonds. The van der Waals surface area contributed by atoms with Crippen LogP contribution < -0.4 is 0 Å². The Bertz CT molecular complexity index is 825. The lowest BCUT2D eigenvalue weighted by molar-refractivity contribution is 0.625.